The van der Waals surface area contributed by atoms with Crippen molar-refractivity contribution in [3.05, 3.63) is 12.7 Å². The fourth-order valence-electron chi connectivity index (χ4n) is 0.836. The van der Waals surface area contributed by atoms with Gasteiger partial charge < -0.3 is 5.32 Å². The molecule has 1 N–H and O–H groups in total. The smallest absolute Gasteiger partial charge is 0.216 e. The molecule has 0 bridgehead atoms. The Bertz CT molecular complexity index is 112. The summed E-state index contributed by atoms with van der Waals surface area (Å²) in [5.41, 5.74) is 0. The average Bonchev–Trinajstić information content (AvgIpc) is 2.05. The first-order chi connectivity index (χ1) is 5.35. The van der Waals surface area contributed by atoms with Gasteiger partial charge in [0.05, 0.1) is 6.04 Å². The van der Waals surface area contributed by atoms with Gasteiger partial charge in [-0.3, -0.25) is 4.79 Å². The van der Waals surface area contributed by atoms with Gasteiger partial charge in [-0.05, 0) is 6.42 Å². The Morgan fingerprint density at radius 2 is 2.45 bits per heavy atom. The maximum absolute atomic E-state index is 10.3. The fourth-order valence-corrected chi connectivity index (χ4v) is 0.836. The molecule has 0 amide bonds. The van der Waals surface area contributed by atoms with Gasteiger partial charge in [0.2, 0.25) is 6.29 Å². The van der Waals surface area contributed by atoms with Crippen molar-refractivity contribution < 1.29 is 4.79 Å². The third kappa shape index (κ3) is 5.80. The summed E-state index contributed by atoms with van der Waals surface area (Å²) in [4.78, 5) is 10.3. The predicted octanol–water partition coefficient (Wildman–Crippen LogP) is 1.43. The van der Waals surface area contributed by atoms with Crippen LogP contribution in [0.5, 0.6) is 0 Å². The lowest BCUT2D eigenvalue weighted by molar-refractivity contribution is 0.502. The van der Waals surface area contributed by atoms with Crippen LogP contribution in [-0.2, 0) is 4.79 Å². The number of rotatable bonds is 7. The second-order valence-electron chi connectivity index (χ2n) is 2.51. The molecule has 63 valence electrons. The Morgan fingerprint density at radius 3 is 2.91 bits per heavy atom. The van der Waals surface area contributed by atoms with Crippen LogP contribution in [0.15, 0.2) is 12.7 Å². The number of hydrogen-bond acceptors (Lipinski definition) is 2. The van der Waals surface area contributed by atoms with E-state index in [0.717, 1.165) is 19.3 Å². The van der Waals surface area contributed by atoms with E-state index in [0.29, 0.717) is 6.54 Å². The fraction of sp³-hybridized carbons (Fsp3) is 0.667. The van der Waals surface area contributed by atoms with Gasteiger partial charge in [-0.1, -0.05) is 25.8 Å². The summed E-state index contributed by atoms with van der Waals surface area (Å²) in [6.45, 7) is 6.35. The minimum Gasteiger partial charge on any atom is -0.304 e. The van der Waals surface area contributed by atoms with E-state index < -0.39 is 0 Å². The normalized spacial score (nSPS) is 12.5. The van der Waals surface area contributed by atoms with Crippen LogP contribution >= 0.6 is 0 Å². The summed E-state index contributed by atoms with van der Waals surface area (Å²) < 4.78 is 0. The van der Waals surface area contributed by atoms with E-state index >= 15 is 0 Å². The van der Waals surface area contributed by atoms with Crippen molar-refractivity contribution in [3.63, 3.8) is 0 Å². The molecule has 1 atom stereocenters. The van der Waals surface area contributed by atoms with Crippen molar-refractivity contribution >= 4 is 6.29 Å². The zero-order valence-corrected chi connectivity index (χ0v) is 7.10. The first-order valence-electron chi connectivity index (χ1n) is 4.07. The molecule has 0 aliphatic rings. The maximum atomic E-state index is 10.3. The summed E-state index contributed by atoms with van der Waals surface area (Å²) in [5, 5.41) is 3.01. The van der Waals surface area contributed by atoms with Crippen LogP contribution in [0.4, 0.5) is 0 Å². The molecule has 0 aromatic heterocycles. The highest BCUT2D eigenvalue weighted by Gasteiger charge is 2.03. The van der Waals surface area contributed by atoms with Crippen LogP contribution in [0.25, 0.3) is 0 Å². The monoisotopic (exact) mass is 154 g/mol. The van der Waals surface area contributed by atoms with Crippen molar-refractivity contribution in [1.82, 2.24) is 5.32 Å². The molecular weight excluding hydrogens is 138 g/mol. The van der Waals surface area contributed by atoms with Crippen molar-refractivity contribution in [2.24, 2.45) is 0 Å². The summed E-state index contributed by atoms with van der Waals surface area (Å²) >= 11 is 0. The minimum atomic E-state index is -0.104. The van der Waals surface area contributed by atoms with Crippen LogP contribution < -0.4 is 5.32 Å². The van der Waals surface area contributed by atoms with Crippen molar-refractivity contribution in [1.29, 1.82) is 0 Å². The molecule has 0 heterocycles. The molecule has 0 aliphatic heterocycles. The Hall–Kier alpha value is -0.630. The molecule has 0 saturated heterocycles. The molecule has 0 aromatic carbocycles. The number of nitrogens with one attached hydrogen (secondary N) is 1. The van der Waals surface area contributed by atoms with E-state index in [1.54, 1.807) is 6.08 Å². The second-order valence-corrected chi connectivity index (χ2v) is 2.51. The van der Waals surface area contributed by atoms with E-state index in [-0.39, 0.29) is 6.04 Å². The van der Waals surface area contributed by atoms with Crippen LogP contribution in [0.3, 0.4) is 0 Å². The Kier molecular flexibility index (Phi) is 7.05. The molecule has 0 unspecified atom stereocenters. The van der Waals surface area contributed by atoms with Crippen LogP contribution in [0, 0.1) is 0 Å². The molecular formula is C9H16NO. The highest BCUT2D eigenvalue weighted by molar-refractivity contribution is 5.58. The van der Waals surface area contributed by atoms with Gasteiger partial charge in [0.1, 0.15) is 0 Å². The molecule has 0 aliphatic carbocycles. The zero-order valence-electron chi connectivity index (χ0n) is 7.10. The SMILES string of the molecule is C=CCN[C@H]([C]=O)CCCC. The molecule has 0 aromatic rings. The maximum Gasteiger partial charge on any atom is 0.216 e. The van der Waals surface area contributed by atoms with Gasteiger partial charge in [0.25, 0.3) is 0 Å². The highest BCUT2D eigenvalue weighted by atomic mass is 16.1. The van der Waals surface area contributed by atoms with Gasteiger partial charge in [0.15, 0.2) is 0 Å². The third-order valence-electron chi connectivity index (χ3n) is 1.50. The van der Waals surface area contributed by atoms with E-state index in [4.69, 9.17) is 0 Å². The quantitative estimate of drug-likeness (QED) is 0.562. The molecule has 0 spiro atoms. The average molecular weight is 154 g/mol. The topological polar surface area (TPSA) is 29.1 Å². The molecule has 2 heteroatoms. The summed E-state index contributed by atoms with van der Waals surface area (Å²) in [7, 11) is 0. The van der Waals surface area contributed by atoms with Gasteiger partial charge >= 0.3 is 0 Å². The van der Waals surface area contributed by atoms with Crippen molar-refractivity contribution in [2.75, 3.05) is 6.54 Å². The minimum absolute atomic E-state index is 0.104. The Balaban J connectivity index is 3.40. The first-order valence-corrected chi connectivity index (χ1v) is 4.07. The first kappa shape index (κ1) is 10.4. The Morgan fingerprint density at radius 1 is 1.73 bits per heavy atom. The van der Waals surface area contributed by atoms with E-state index in [1.807, 2.05) is 6.29 Å². The van der Waals surface area contributed by atoms with Gasteiger partial charge in [0, 0.05) is 6.54 Å². The summed E-state index contributed by atoms with van der Waals surface area (Å²) in [5.74, 6) is 0. The van der Waals surface area contributed by atoms with E-state index in [9.17, 15) is 4.79 Å². The molecule has 2 nitrogen and oxygen atoms in total. The molecule has 0 saturated carbocycles. The van der Waals surface area contributed by atoms with Crippen molar-refractivity contribution in [2.45, 2.75) is 32.2 Å². The van der Waals surface area contributed by atoms with Crippen LogP contribution in [0.2, 0.25) is 0 Å². The highest BCUT2D eigenvalue weighted by Crippen LogP contribution is 1.97. The lowest BCUT2D eigenvalue weighted by Crippen LogP contribution is -2.30. The van der Waals surface area contributed by atoms with Gasteiger partial charge in [-0.15, -0.1) is 6.58 Å². The van der Waals surface area contributed by atoms with Crippen LogP contribution in [-0.4, -0.2) is 18.9 Å². The van der Waals surface area contributed by atoms with Gasteiger partial charge in [-0.2, -0.15) is 0 Å². The zero-order chi connectivity index (χ0) is 8.53. The van der Waals surface area contributed by atoms with Gasteiger partial charge in [-0.25, -0.2) is 0 Å². The number of carbonyl (C=O) groups excluding carboxylic acids is 1. The Labute approximate surface area is 68.7 Å². The molecule has 0 fully saturated rings. The second kappa shape index (κ2) is 7.48. The van der Waals surface area contributed by atoms with E-state index in [2.05, 4.69) is 18.8 Å². The molecule has 0 rings (SSSR count). The van der Waals surface area contributed by atoms with Crippen LogP contribution in [0.1, 0.15) is 26.2 Å². The number of unbranched alkanes of at least 4 members (excludes halogenated alkanes) is 1. The standard InChI is InChI=1S/C9H16NO/c1-3-5-6-9(8-11)10-7-4-2/h4,9-10H,2-3,5-7H2,1H3/t9-/m0/s1. The lowest BCUT2D eigenvalue weighted by atomic mass is 10.1. The molecule has 11 heavy (non-hydrogen) atoms. The predicted molar refractivity (Wildman–Crippen MR) is 47.2 cm³/mol. The van der Waals surface area contributed by atoms with Crippen molar-refractivity contribution in [3.8, 4) is 0 Å². The summed E-state index contributed by atoms with van der Waals surface area (Å²) in [6, 6.07) is -0.104. The largest absolute Gasteiger partial charge is 0.304 e. The summed E-state index contributed by atoms with van der Waals surface area (Å²) in [6.07, 6.45) is 6.78. The lowest BCUT2D eigenvalue weighted by Gasteiger charge is -2.08. The molecule has 1 radical (unpaired) electrons. The van der Waals surface area contributed by atoms with E-state index in [1.165, 1.54) is 0 Å². The third-order valence-corrected chi connectivity index (χ3v) is 1.50. The number of hydrogen-bond donors (Lipinski definition) is 1.